The average Bonchev–Trinajstić information content (AvgIpc) is 2.65. The van der Waals surface area contributed by atoms with Crippen LogP contribution in [-0.4, -0.2) is 18.0 Å². The van der Waals surface area contributed by atoms with Crippen LogP contribution < -0.4 is 27.8 Å². The first-order valence-corrected chi connectivity index (χ1v) is 9.21. The van der Waals surface area contributed by atoms with Gasteiger partial charge in [-0.2, -0.15) is 0 Å². The van der Waals surface area contributed by atoms with Gasteiger partial charge in [-0.25, -0.2) is 9.98 Å². The van der Waals surface area contributed by atoms with E-state index in [1.165, 1.54) is 32.1 Å². The number of guanidine groups is 2. The van der Waals surface area contributed by atoms with Gasteiger partial charge in [0.15, 0.2) is 11.9 Å². The van der Waals surface area contributed by atoms with Gasteiger partial charge >= 0.3 is 0 Å². The van der Waals surface area contributed by atoms with E-state index in [4.69, 9.17) is 22.9 Å². The fourth-order valence-electron chi connectivity index (χ4n) is 3.58. The van der Waals surface area contributed by atoms with E-state index >= 15 is 0 Å². The second-order valence-electron chi connectivity index (χ2n) is 6.77. The molecule has 142 valence electrons. The lowest BCUT2D eigenvalue weighted by Crippen LogP contribution is -2.32. The van der Waals surface area contributed by atoms with E-state index < -0.39 is 0 Å². The highest BCUT2D eigenvalue weighted by Gasteiger charge is 2.23. The summed E-state index contributed by atoms with van der Waals surface area (Å²) >= 11 is 0. The van der Waals surface area contributed by atoms with E-state index in [0.717, 1.165) is 22.7 Å². The molecular weight excluding hydrogens is 338 g/mol. The van der Waals surface area contributed by atoms with Gasteiger partial charge in [0.05, 0.1) is 11.4 Å². The van der Waals surface area contributed by atoms with Gasteiger partial charge in [0.2, 0.25) is 0 Å². The van der Waals surface area contributed by atoms with Crippen LogP contribution in [0.1, 0.15) is 32.1 Å². The topological polar surface area (TPSA) is 132 Å². The average molecular weight is 365 g/mol. The molecule has 1 aliphatic rings. The normalized spacial score (nSPS) is 14.4. The number of rotatable bonds is 5. The molecule has 1 aliphatic carbocycles. The van der Waals surface area contributed by atoms with Crippen LogP contribution in [0.25, 0.3) is 0 Å². The Bertz CT molecular complexity index is 734. The molecule has 0 bridgehead atoms. The monoisotopic (exact) mass is 365 g/mol. The maximum absolute atomic E-state index is 5.47. The van der Waals surface area contributed by atoms with E-state index in [1.54, 1.807) is 0 Å². The third-order valence-corrected chi connectivity index (χ3v) is 4.71. The maximum atomic E-state index is 5.47. The summed E-state index contributed by atoms with van der Waals surface area (Å²) in [5.74, 6) is 0.115. The highest BCUT2D eigenvalue weighted by atomic mass is 15.2. The Morgan fingerprint density at radius 1 is 0.667 bits per heavy atom. The number of hydrogen-bond acceptors (Lipinski definition) is 3. The summed E-state index contributed by atoms with van der Waals surface area (Å²) in [5.41, 5.74) is 25.6. The quantitative estimate of drug-likeness (QED) is 0.478. The fraction of sp³-hybridized carbons (Fsp3) is 0.300. The summed E-state index contributed by atoms with van der Waals surface area (Å²) in [6.45, 7) is 0. The molecule has 27 heavy (non-hydrogen) atoms. The van der Waals surface area contributed by atoms with Crippen molar-refractivity contribution in [2.75, 3.05) is 4.90 Å². The summed E-state index contributed by atoms with van der Waals surface area (Å²) in [7, 11) is 0. The molecule has 1 saturated carbocycles. The Morgan fingerprint density at radius 3 is 1.44 bits per heavy atom. The van der Waals surface area contributed by atoms with Crippen molar-refractivity contribution in [3.8, 4) is 0 Å². The zero-order chi connectivity index (χ0) is 19.2. The van der Waals surface area contributed by atoms with Crippen molar-refractivity contribution in [3.05, 3.63) is 48.5 Å². The predicted molar refractivity (Wildman–Crippen MR) is 113 cm³/mol. The van der Waals surface area contributed by atoms with E-state index in [1.807, 2.05) is 24.3 Å². The summed E-state index contributed by atoms with van der Waals surface area (Å²) < 4.78 is 0. The molecule has 0 radical (unpaired) electrons. The lowest BCUT2D eigenvalue weighted by molar-refractivity contribution is 0.436. The fourth-order valence-corrected chi connectivity index (χ4v) is 3.58. The summed E-state index contributed by atoms with van der Waals surface area (Å²) in [4.78, 5) is 10.6. The summed E-state index contributed by atoms with van der Waals surface area (Å²) in [5, 5.41) is 0. The molecule has 0 amide bonds. The largest absolute Gasteiger partial charge is 0.370 e. The van der Waals surface area contributed by atoms with Crippen LogP contribution in [0, 0.1) is 0 Å². The van der Waals surface area contributed by atoms with E-state index in [2.05, 4.69) is 39.2 Å². The molecule has 2 aromatic rings. The predicted octanol–water partition coefficient (Wildman–Crippen LogP) is 2.97. The van der Waals surface area contributed by atoms with Crippen LogP contribution in [0.5, 0.6) is 0 Å². The van der Waals surface area contributed by atoms with Gasteiger partial charge in [0.25, 0.3) is 0 Å². The van der Waals surface area contributed by atoms with Crippen LogP contribution in [0.2, 0.25) is 0 Å². The number of anilines is 2. The third kappa shape index (κ3) is 4.91. The lowest BCUT2D eigenvalue weighted by atomic mass is 9.93. The van der Waals surface area contributed by atoms with Crippen molar-refractivity contribution in [2.45, 2.75) is 38.1 Å². The summed E-state index contributed by atoms with van der Waals surface area (Å²) in [6.07, 6.45) is 6.15. The third-order valence-electron chi connectivity index (χ3n) is 4.71. The van der Waals surface area contributed by atoms with Crippen molar-refractivity contribution < 1.29 is 0 Å². The molecule has 1 fully saturated rings. The summed E-state index contributed by atoms with van der Waals surface area (Å²) in [6, 6.07) is 16.4. The van der Waals surface area contributed by atoms with Crippen LogP contribution in [-0.2, 0) is 0 Å². The number of aliphatic imine (C=N–C) groups is 2. The molecule has 2 aromatic carbocycles. The second kappa shape index (κ2) is 8.44. The molecule has 8 N–H and O–H groups in total. The maximum Gasteiger partial charge on any atom is 0.191 e. The first kappa shape index (κ1) is 18.6. The van der Waals surface area contributed by atoms with Gasteiger partial charge < -0.3 is 27.8 Å². The lowest BCUT2D eigenvalue weighted by Gasteiger charge is -2.36. The van der Waals surface area contributed by atoms with Crippen LogP contribution in [0.4, 0.5) is 22.7 Å². The molecule has 0 atom stereocenters. The van der Waals surface area contributed by atoms with E-state index in [9.17, 15) is 0 Å². The van der Waals surface area contributed by atoms with Crippen molar-refractivity contribution in [2.24, 2.45) is 32.9 Å². The van der Waals surface area contributed by atoms with E-state index in [0.29, 0.717) is 6.04 Å². The SMILES string of the molecule is NC(N)=Nc1ccc(N(c2ccc(N=C(N)N)cc2)C2CCCCC2)cc1. The van der Waals surface area contributed by atoms with Crippen molar-refractivity contribution in [1.82, 2.24) is 0 Å². The van der Waals surface area contributed by atoms with E-state index in [-0.39, 0.29) is 11.9 Å². The number of nitrogens with two attached hydrogens (primary N) is 4. The molecule has 0 saturated heterocycles. The minimum Gasteiger partial charge on any atom is -0.370 e. The Balaban J connectivity index is 1.93. The minimum atomic E-state index is 0.0576. The van der Waals surface area contributed by atoms with Gasteiger partial charge in [0.1, 0.15) is 0 Å². The second-order valence-corrected chi connectivity index (χ2v) is 6.77. The highest BCUT2D eigenvalue weighted by Crippen LogP contribution is 2.35. The molecule has 0 unspecified atom stereocenters. The smallest absolute Gasteiger partial charge is 0.191 e. The molecular formula is C20H27N7. The first-order valence-electron chi connectivity index (χ1n) is 9.21. The van der Waals surface area contributed by atoms with Gasteiger partial charge in [0, 0.05) is 17.4 Å². The Kier molecular flexibility index (Phi) is 5.80. The number of hydrogen-bond donors (Lipinski definition) is 4. The van der Waals surface area contributed by atoms with Crippen molar-refractivity contribution in [1.29, 1.82) is 0 Å². The Morgan fingerprint density at radius 2 is 1.07 bits per heavy atom. The zero-order valence-corrected chi connectivity index (χ0v) is 15.4. The zero-order valence-electron chi connectivity index (χ0n) is 15.4. The molecule has 0 aromatic heterocycles. The molecule has 7 heteroatoms. The van der Waals surface area contributed by atoms with Crippen molar-refractivity contribution in [3.63, 3.8) is 0 Å². The highest BCUT2D eigenvalue weighted by molar-refractivity contribution is 5.80. The number of benzene rings is 2. The molecule has 3 rings (SSSR count). The van der Waals surface area contributed by atoms with Gasteiger partial charge in [-0.3, -0.25) is 0 Å². The Labute approximate surface area is 159 Å². The van der Waals surface area contributed by atoms with Crippen LogP contribution in [0.15, 0.2) is 58.5 Å². The van der Waals surface area contributed by atoms with Gasteiger partial charge in [-0.15, -0.1) is 0 Å². The molecule has 0 heterocycles. The Hall–Kier alpha value is -3.22. The standard InChI is InChI=1S/C20H27N7/c21-19(22)25-14-6-10-17(11-7-14)27(16-4-2-1-3-5-16)18-12-8-15(9-13-18)26-20(23)24/h6-13,16H,1-5H2,(H4,21,22,25)(H4,23,24,26). The van der Waals surface area contributed by atoms with Crippen molar-refractivity contribution >= 4 is 34.7 Å². The van der Waals surface area contributed by atoms with Gasteiger partial charge in [-0.1, -0.05) is 19.3 Å². The van der Waals surface area contributed by atoms with Gasteiger partial charge in [-0.05, 0) is 61.4 Å². The molecule has 0 spiro atoms. The minimum absolute atomic E-state index is 0.0576. The first-order chi connectivity index (χ1) is 13.0. The van der Waals surface area contributed by atoms with Crippen LogP contribution in [0.3, 0.4) is 0 Å². The van der Waals surface area contributed by atoms with Crippen LogP contribution >= 0.6 is 0 Å². The number of nitrogens with zero attached hydrogens (tertiary/aromatic N) is 3. The molecule has 7 nitrogen and oxygen atoms in total. The molecule has 0 aliphatic heterocycles.